The summed E-state index contributed by atoms with van der Waals surface area (Å²) in [5.41, 5.74) is 2.84. The third-order valence-corrected chi connectivity index (χ3v) is 3.13. The highest BCUT2D eigenvalue weighted by atomic mass is 16.5. The van der Waals surface area contributed by atoms with E-state index in [1.807, 2.05) is 12.4 Å². The van der Waals surface area contributed by atoms with Crippen LogP contribution in [0.5, 0.6) is 0 Å². The molecule has 2 heterocycles. The Morgan fingerprint density at radius 3 is 3.19 bits per heavy atom. The average Bonchev–Trinajstić information content (AvgIpc) is 2.80. The quantitative estimate of drug-likeness (QED) is 0.591. The number of hydrogen-bond acceptors (Lipinski definition) is 4. The number of nitrogens with one attached hydrogen (secondary N) is 1. The van der Waals surface area contributed by atoms with E-state index in [2.05, 4.69) is 21.9 Å². The van der Waals surface area contributed by atoms with Gasteiger partial charge in [-0.25, -0.2) is 10.4 Å². The number of rotatable bonds is 4. The summed E-state index contributed by atoms with van der Waals surface area (Å²) in [6.45, 7) is 3.83. The van der Waals surface area contributed by atoms with Gasteiger partial charge in [0.2, 0.25) is 0 Å². The number of aromatic nitrogens is 2. The first-order valence-corrected chi connectivity index (χ1v) is 5.95. The minimum Gasteiger partial charge on any atom is -0.376 e. The summed E-state index contributed by atoms with van der Waals surface area (Å²) < 4.78 is 7.86. The molecule has 3 N–H and O–H groups in total. The van der Waals surface area contributed by atoms with Crippen molar-refractivity contribution in [2.75, 3.05) is 6.61 Å². The van der Waals surface area contributed by atoms with E-state index in [0.29, 0.717) is 0 Å². The first kappa shape index (κ1) is 11.6. The number of nitrogens with zero attached hydrogens (tertiary/aromatic N) is 2. The van der Waals surface area contributed by atoms with Crippen LogP contribution >= 0.6 is 0 Å². The van der Waals surface area contributed by atoms with E-state index in [0.717, 1.165) is 31.8 Å². The summed E-state index contributed by atoms with van der Waals surface area (Å²) in [5.74, 6) is 6.60. The molecule has 0 spiro atoms. The molecule has 1 aromatic heterocycles. The highest BCUT2D eigenvalue weighted by Crippen LogP contribution is 2.24. The molecule has 0 bridgehead atoms. The number of aryl methyl sites for hydroxylation is 1. The van der Waals surface area contributed by atoms with Crippen molar-refractivity contribution in [3.8, 4) is 0 Å². The minimum absolute atomic E-state index is 0.00440. The van der Waals surface area contributed by atoms with Crippen LogP contribution in [0.15, 0.2) is 12.4 Å². The summed E-state index contributed by atoms with van der Waals surface area (Å²) in [6, 6.07) is -0.00440. The molecule has 0 amide bonds. The van der Waals surface area contributed by atoms with E-state index in [1.54, 1.807) is 0 Å². The molecule has 0 aliphatic carbocycles. The number of hydrazine groups is 1. The maximum Gasteiger partial charge on any atom is 0.129 e. The van der Waals surface area contributed by atoms with Crippen molar-refractivity contribution >= 4 is 0 Å². The number of imidazole rings is 1. The summed E-state index contributed by atoms with van der Waals surface area (Å²) in [4.78, 5) is 4.37. The van der Waals surface area contributed by atoms with Gasteiger partial charge in [0.05, 0.1) is 6.10 Å². The molecule has 0 radical (unpaired) electrons. The van der Waals surface area contributed by atoms with Gasteiger partial charge in [-0.2, -0.15) is 0 Å². The van der Waals surface area contributed by atoms with Gasteiger partial charge < -0.3 is 9.30 Å². The Morgan fingerprint density at radius 2 is 2.56 bits per heavy atom. The van der Waals surface area contributed by atoms with Gasteiger partial charge in [-0.15, -0.1) is 0 Å². The maximum atomic E-state index is 5.76. The molecule has 1 aromatic rings. The Hall–Kier alpha value is -0.910. The van der Waals surface area contributed by atoms with Gasteiger partial charge in [-0.05, 0) is 26.2 Å². The van der Waals surface area contributed by atoms with Crippen molar-refractivity contribution in [2.24, 2.45) is 5.84 Å². The third kappa shape index (κ3) is 2.26. The molecule has 0 aromatic carbocycles. The summed E-state index contributed by atoms with van der Waals surface area (Å²) in [6.07, 6.45) is 7.33. The molecule has 2 rings (SSSR count). The molecule has 2 atom stereocenters. The molecule has 16 heavy (non-hydrogen) atoms. The van der Waals surface area contributed by atoms with Crippen LogP contribution < -0.4 is 11.3 Å². The summed E-state index contributed by atoms with van der Waals surface area (Å²) >= 11 is 0. The zero-order valence-electron chi connectivity index (χ0n) is 9.72. The van der Waals surface area contributed by atoms with E-state index < -0.39 is 0 Å². The molecular formula is C11H20N4O. The SMILES string of the molecule is CCn1ccnc1C(NN)C1CCCCO1. The topological polar surface area (TPSA) is 65.1 Å². The fraction of sp³-hybridized carbons (Fsp3) is 0.727. The van der Waals surface area contributed by atoms with Crippen LogP contribution in [0.2, 0.25) is 0 Å². The van der Waals surface area contributed by atoms with Crippen molar-refractivity contribution < 1.29 is 4.74 Å². The molecule has 1 aliphatic heterocycles. The zero-order valence-corrected chi connectivity index (χ0v) is 9.72. The lowest BCUT2D eigenvalue weighted by Crippen LogP contribution is -2.41. The van der Waals surface area contributed by atoms with Crippen molar-refractivity contribution in [3.05, 3.63) is 18.2 Å². The molecule has 0 saturated carbocycles. The molecule has 5 heteroatoms. The average molecular weight is 224 g/mol. The largest absolute Gasteiger partial charge is 0.376 e. The second-order valence-electron chi connectivity index (χ2n) is 4.12. The monoisotopic (exact) mass is 224 g/mol. The van der Waals surface area contributed by atoms with Gasteiger partial charge in [-0.1, -0.05) is 0 Å². The number of nitrogens with two attached hydrogens (primary N) is 1. The fourth-order valence-electron chi connectivity index (χ4n) is 2.24. The summed E-state index contributed by atoms with van der Waals surface area (Å²) in [7, 11) is 0. The van der Waals surface area contributed by atoms with Crippen molar-refractivity contribution in [3.63, 3.8) is 0 Å². The van der Waals surface area contributed by atoms with Crippen LogP contribution in [0.25, 0.3) is 0 Å². The van der Waals surface area contributed by atoms with Gasteiger partial charge in [-0.3, -0.25) is 5.84 Å². The van der Waals surface area contributed by atoms with Crippen LogP contribution in [0.4, 0.5) is 0 Å². The van der Waals surface area contributed by atoms with E-state index in [-0.39, 0.29) is 12.1 Å². The van der Waals surface area contributed by atoms with Crippen LogP contribution in [0, 0.1) is 0 Å². The highest BCUT2D eigenvalue weighted by Gasteiger charge is 2.27. The molecule has 1 fully saturated rings. The molecule has 5 nitrogen and oxygen atoms in total. The lowest BCUT2D eigenvalue weighted by molar-refractivity contribution is -0.0107. The van der Waals surface area contributed by atoms with Gasteiger partial charge >= 0.3 is 0 Å². The summed E-state index contributed by atoms with van der Waals surface area (Å²) in [5, 5.41) is 0. The predicted molar refractivity (Wildman–Crippen MR) is 61.6 cm³/mol. The fourth-order valence-corrected chi connectivity index (χ4v) is 2.24. The number of hydrogen-bond donors (Lipinski definition) is 2. The Labute approximate surface area is 96.0 Å². The van der Waals surface area contributed by atoms with Crippen LogP contribution in [0.3, 0.4) is 0 Å². The second kappa shape index (κ2) is 5.43. The Bertz CT molecular complexity index is 320. The van der Waals surface area contributed by atoms with Gasteiger partial charge in [0.15, 0.2) is 0 Å². The highest BCUT2D eigenvalue weighted by molar-refractivity contribution is 5.02. The van der Waals surface area contributed by atoms with E-state index >= 15 is 0 Å². The molecular weight excluding hydrogens is 204 g/mol. The normalized spacial score (nSPS) is 23.2. The Kier molecular flexibility index (Phi) is 3.93. The first-order chi connectivity index (χ1) is 7.86. The van der Waals surface area contributed by atoms with E-state index in [4.69, 9.17) is 10.6 Å². The first-order valence-electron chi connectivity index (χ1n) is 5.95. The Morgan fingerprint density at radius 1 is 1.69 bits per heavy atom. The number of ether oxygens (including phenoxy) is 1. The van der Waals surface area contributed by atoms with E-state index in [9.17, 15) is 0 Å². The standard InChI is InChI=1S/C11H20N4O/c1-2-15-7-6-13-11(15)10(14-12)9-5-3-4-8-16-9/h6-7,9-10,14H,2-5,8,12H2,1H3. The van der Waals surface area contributed by atoms with Gasteiger partial charge in [0.25, 0.3) is 0 Å². The van der Waals surface area contributed by atoms with Crippen molar-refractivity contribution in [1.82, 2.24) is 15.0 Å². The lowest BCUT2D eigenvalue weighted by Gasteiger charge is -2.29. The lowest BCUT2D eigenvalue weighted by atomic mass is 10.0. The minimum atomic E-state index is -0.00440. The maximum absolute atomic E-state index is 5.76. The molecule has 1 aliphatic rings. The van der Waals surface area contributed by atoms with Crippen LogP contribution in [0.1, 0.15) is 38.1 Å². The predicted octanol–water partition coefficient (Wildman–Crippen LogP) is 0.976. The van der Waals surface area contributed by atoms with Crippen LogP contribution in [-0.2, 0) is 11.3 Å². The van der Waals surface area contributed by atoms with Crippen LogP contribution in [-0.4, -0.2) is 22.3 Å². The third-order valence-electron chi connectivity index (χ3n) is 3.13. The smallest absolute Gasteiger partial charge is 0.129 e. The second-order valence-corrected chi connectivity index (χ2v) is 4.12. The van der Waals surface area contributed by atoms with Gasteiger partial charge in [0.1, 0.15) is 11.9 Å². The van der Waals surface area contributed by atoms with Crippen molar-refractivity contribution in [1.29, 1.82) is 0 Å². The van der Waals surface area contributed by atoms with Crippen molar-refractivity contribution in [2.45, 2.75) is 44.9 Å². The molecule has 90 valence electrons. The van der Waals surface area contributed by atoms with Gasteiger partial charge in [0, 0.05) is 25.5 Å². The molecule has 2 unspecified atom stereocenters. The Balaban J connectivity index is 2.14. The molecule has 1 saturated heterocycles. The van der Waals surface area contributed by atoms with E-state index in [1.165, 1.54) is 6.42 Å². The zero-order chi connectivity index (χ0) is 11.4.